The largest absolute Gasteiger partial charge is 0.309 e. The van der Waals surface area contributed by atoms with E-state index in [0.29, 0.717) is 0 Å². The van der Waals surface area contributed by atoms with Crippen LogP contribution in [0.15, 0.2) is 232 Å². The summed E-state index contributed by atoms with van der Waals surface area (Å²) >= 11 is 0. The first-order chi connectivity index (χ1) is 32.7. The average Bonchev–Trinajstić information content (AvgIpc) is 4.03. The summed E-state index contributed by atoms with van der Waals surface area (Å²) in [6.07, 6.45) is 3.92. The highest BCUT2D eigenvalue weighted by atomic mass is 15.0. The molecule has 12 aromatic rings. The molecule has 0 fully saturated rings. The van der Waals surface area contributed by atoms with Gasteiger partial charge in [0.15, 0.2) is 0 Å². The zero-order valence-corrected chi connectivity index (χ0v) is 37.1. The number of allylic oxidation sites excluding steroid dienone is 4. The predicted octanol–water partition coefficient (Wildman–Crippen LogP) is 17.8. The van der Waals surface area contributed by atoms with Crippen molar-refractivity contribution in [3.8, 4) is 44.8 Å². The van der Waals surface area contributed by atoms with E-state index in [0.717, 1.165) is 22.5 Å². The number of nitrogens with zero attached hydrogens (tertiary/aromatic N) is 2. The first-order valence-electron chi connectivity index (χ1n) is 23.0. The Kier molecular flexibility index (Phi) is 9.29. The van der Waals surface area contributed by atoms with Crippen LogP contribution in [0.25, 0.3) is 121 Å². The summed E-state index contributed by atoms with van der Waals surface area (Å²) < 4.78 is 4.86. The zero-order chi connectivity index (χ0) is 44.5. The van der Waals surface area contributed by atoms with Gasteiger partial charge in [-0.15, -0.1) is 0 Å². The van der Waals surface area contributed by atoms with E-state index in [4.69, 9.17) is 0 Å². The summed E-state index contributed by atoms with van der Waals surface area (Å²) in [4.78, 5) is 0. The second-order valence-electron chi connectivity index (χ2n) is 16.9. The van der Waals surface area contributed by atoms with Crippen LogP contribution in [0.1, 0.15) is 25.0 Å². The zero-order valence-electron chi connectivity index (χ0n) is 37.1. The normalized spacial score (nSPS) is 12.2. The minimum Gasteiger partial charge on any atom is -0.309 e. The number of rotatable bonds is 7. The van der Waals surface area contributed by atoms with Crippen molar-refractivity contribution >= 4 is 76.3 Å². The van der Waals surface area contributed by atoms with Gasteiger partial charge in [0.25, 0.3) is 0 Å². The third-order valence-electron chi connectivity index (χ3n) is 13.6. The van der Waals surface area contributed by atoms with Gasteiger partial charge in [0.2, 0.25) is 0 Å². The molecular weight excluding hydrogens is 797 g/mol. The average molecular weight is 843 g/mol. The van der Waals surface area contributed by atoms with Gasteiger partial charge in [-0.25, -0.2) is 0 Å². The standard InChI is InChI=1S/C62H40N2.C2H6/c1-3-47-48(4-2)54-34-33-49(53-19-12-18-52(47)61(53)54)42-23-30-45(31-24-42)63-58-20-11-10-17-51(58)56-37-43(26-35-59(56)63)44-27-36-60-57(38-44)55-32-25-41-15-8-9-16-50(41)62(55)64(60)46-28-21-40(22-29-46)39-13-6-5-7-14-39;1-2/h3-38H,1-2H2;1-2H3. The minimum absolute atomic E-state index is 1.14. The van der Waals surface area contributed by atoms with Crippen molar-refractivity contribution in [1.29, 1.82) is 0 Å². The van der Waals surface area contributed by atoms with E-state index in [1.165, 1.54) is 110 Å². The molecule has 0 amide bonds. The molecule has 0 N–H and O–H groups in total. The molecule has 10 aromatic carbocycles. The van der Waals surface area contributed by atoms with E-state index in [-0.39, 0.29) is 0 Å². The van der Waals surface area contributed by atoms with Crippen LogP contribution in [-0.2, 0) is 0 Å². The van der Waals surface area contributed by atoms with Crippen molar-refractivity contribution in [2.24, 2.45) is 0 Å². The number of fused-ring (bicyclic) bond motifs is 8. The number of hydrogen-bond acceptors (Lipinski definition) is 0. The maximum absolute atomic E-state index is 4.13. The predicted molar refractivity (Wildman–Crippen MR) is 285 cm³/mol. The first kappa shape index (κ1) is 39.2. The number of hydrogen-bond donors (Lipinski definition) is 0. The minimum atomic E-state index is 1.14. The fraction of sp³-hybridized carbons (Fsp3) is 0.0312. The lowest BCUT2D eigenvalue weighted by Gasteiger charge is -2.13. The van der Waals surface area contributed by atoms with E-state index < -0.39 is 0 Å². The smallest absolute Gasteiger partial charge is 0.0619 e. The lowest BCUT2D eigenvalue weighted by atomic mass is 9.93. The SMILES string of the molecule is C=CC1=C(C=C)c2ccc(-c3ccc(-n4c5ccccc5c5cc(-c6ccc7c(c6)c6ccc8ccccc8c6n7-c6ccc(-c7ccccc7)cc6)ccc54)cc3)c3cccc1c23.CC. The van der Waals surface area contributed by atoms with E-state index in [1.54, 1.807) is 0 Å². The molecule has 0 unspecified atom stereocenters. The second kappa shape index (κ2) is 15.7. The Morgan fingerprint density at radius 2 is 0.848 bits per heavy atom. The molecule has 0 spiro atoms. The van der Waals surface area contributed by atoms with Crippen LogP contribution in [0.5, 0.6) is 0 Å². The lowest BCUT2D eigenvalue weighted by molar-refractivity contribution is 1.18. The molecule has 2 aromatic heterocycles. The third-order valence-corrected chi connectivity index (χ3v) is 13.6. The van der Waals surface area contributed by atoms with Gasteiger partial charge in [0.1, 0.15) is 0 Å². The molecule has 2 heteroatoms. The van der Waals surface area contributed by atoms with Crippen LogP contribution in [0, 0.1) is 0 Å². The topological polar surface area (TPSA) is 9.86 Å². The molecule has 0 aliphatic heterocycles. The summed E-state index contributed by atoms with van der Waals surface area (Å²) in [6, 6.07) is 75.9. The van der Waals surface area contributed by atoms with Gasteiger partial charge in [-0.3, -0.25) is 0 Å². The van der Waals surface area contributed by atoms with E-state index in [2.05, 4.69) is 229 Å². The van der Waals surface area contributed by atoms with Gasteiger partial charge < -0.3 is 9.13 Å². The Hall–Kier alpha value is -8.46. The molecule has 0 radical (unpaired) electrons. The molecular formula is C64H46N2. The molecule has 1 aliphatic carbocycles. The van der Waals surface area contributed by atoms with Gasteiger partial charge in [0, 0.05) is 38.3 Å². The molecule has 66 heavy (non-hydrogen) atoms. The van der Waals surface area contributed by atoms with Crippen molar-refractivity contribution in [3.05, 3.63) is 243 Å². The second-order valence-corrected chi connectivity index (χ2v) is 16.9. The molecule has 2 heterocycles. The van der Waals surface area contributed by atoms with E-state index in [1.807, 2.05) is 26.0 Å². The van der Waals surface area contributed by atoms with Crippen LogP contribution >= 0.6 is 0 Å². The van der Waals surface area contributed by atoms with Gasteiger partial charge in [-0.05, 0) is 126 Å². The summed E-state index contributed by atoms with van der Waals surface area (Å²) in [5.41, 5.74) is 19.1. The molecule has 0 atom stereocenters. The molecule has 0 saturated heterocycles. The van der Waals surface area contributed by atoms with Crippen LogP contribution < -0.4 is 0 Å². The summed E-state index contributed by atoms with van der Waals surface area (Å²) in [6.45, 7) is 12.3. The highest BCUT2D eigenvalue weighted by molar-refractivity contribution is 6.21. The number of para-hydroxylation sites is 1. The third kappa shape index (κ3) is 5.89. The molecule has 13 rings (SSSR count). The molecule has 2 nitrogen and oxygen atoms in total. The van der Waals surface area contributed by atoms with Crippen molar-refractivity contribution < 1.29 is 0 Å². The van der Waals surface area contributed by atoms with Gasteiger partial charge in [-0.2, -0.15) is 0 Å². The van der Waals surface area contributed by atoms with Crippen molar-refractivity contribution in [3.63, 3.8) is 0 Å². The molecule has 1 aliphatic rings. The van der Waals surface area contributed by atoms with Crippen molar-refractivity contribution in [2.45, 2.75) is 13.8 Å². The van der Waals surface area contributed by atoms with Crippen LogP contribution in [0.2, 0.25) is 0 Å². The maximum Gasteiger partial charge on any atom is 0.0619 e. The van der Waals surface area contributed by atoms with Crippen molar-refractivity contribution in [2.75, 3.05) is 0 Å². The maximum atomic E-state index is 4.13. The van der Waals surface area contributed by atoms with Crippen LogP contribution in [-0.4, -0.2) is 9.13 Å². The Bertz CT molecular complexity index is 3930. The molecule has 312 valence electrons. The Morgan fingerprint density at radius 3 is 1.56 bits per heavy atom. The fourth-order valence-electron chi connectivity index (χ4n) is 10.7. The van der Waals surface area contributed by atoms with E-state index in [9.17, 15) is 0 Å². The Balaban J connectivity index is 0.00000225. The lowest BCUT2D eigenvalue weighted by Crippen LogP contribution is -1.95. The van der Waals surface area contributed by atoms with Crippen molar-refractivity contribution in [1.82, 2.24) is 9.13 Å². The highest BCUT2D eigenvalue weighted by Gasteiger charge is 2.23. The Labute approximate surface area is 384 Å². The van der Waals surface area contributed by atoms with Gasteiger partial charge in [-0.1, -0.05) is 191 Å². The number of aromatic nitrogens is 2. The van der Waals surface area contributed by atoms with Gasteiger partial charge in [0.05, 0.1) is 22.1 Å². The monoisotopic (exact) mass is 842 g/mol. The molecule has 0 bridgehead atoms. The quantitative estimate of drug-likeness (QED) is 0.151. The first-order valence-corrected chi connectivity index (χ1v) is 23.0. The fourth-order valence-corrected chi connectivity index (χ4v) is 10.7. The van der Waals surface area contributed by atoms with Crippen LogP contribution in [0.4, 0.5) is 0 Å². The van der Waals surface area contributed by atoms with E-state index >= 15 is 0 Å². The molecule has 0 saturated carbocycles. The van der Waals surface area contributed by atoms with Crippen LogP contribution in [0.3, 0.4) is 0 Å². The highest BCUT2D eigenvalue weighted by Crippen LogP contribution is 2.46. The summed E-state index contributed by atoms with van der Waals surface area (Å²) in [5.74, 6) is 0. The summed E-state index contributed by atoms with van der Waals surface area (Å²) in [5, 5.41) is 9.98. The Morgan fingerprint density at radius 1 is 0.333 bits per heavy atom. The number of benzene rings is 10. The summed E-state index contributed by atoms with van der Waals surface area (Å²) in [7, 11) is 0. The van der Waals surface area contributed by atoms with Gasteiger partial charge >= 0.3 is 0 Å².